The van der Waals surface area contributed by atoms with E-state index in [1.807, 2.05) is 43.0 Å². The van der Waals surface area contributed by atoms with Crippen LogP contribution in [-0.2, 0) is 0 Å². The number of piperidine rings is 1. The summed E-state index contributed by atoms with van der Waals surface area (Å²) in [5.41, 5.74) is 0.785. The molecule has 4 rings (SSSR count). The molecule has 0 aliphatic carbocycles. The second-order valence-corrected chi connectivity index (χ2v) is 8.12. The van der Waals surface area contributed by atoms with E-state index in [1.165, 1.54) is 0 Å². The number of aromatic nitrogens is 2. The number of ether oxygens (including phenoxy) is 1. The van der Waals surface area contributed by atoms with E-state index >= 15 is 0 Å². The van der Waals surface area contributed by atoms with E-state index < -0.39 is 0 Å². The number of amides is 2. The molecule has 1 aromatic carbocycles. The Kier molecular flexibility index (Phi) is 5.45. The molecule has 2 aromatic rings. The Labute approximate surface area is 171 Å². The minimum absolute atomic E-state index is 0.0771. The summed E-state index contributed by atoms with van der Waals surface area (Å²) in [6, 6.07) is 7.46. The van der Waals surface area contributed by atoms with Crippen LogP contribution in [0.2, 0.25) is 0 Å². The number of aryl methyl sites for hydroxylation is 1. The average molecular weight is 399 g/mol. The number of nitrogens with one attached hydrogen (secondary N) is 1. The van der Waals surface area contributed by atoms with Gasteiger partial charge in [-0.25, -0.2) is 4.79 Å². The zero-order valence-electron chi connectivity index (χ0n) is 17.4. The second kappa shape index (κ2) is 8.02. The minimum Gasteiger partial charge on any atom is -0.492 e. The summed E-state index contributed by atoms with van der Waals surface area (Å²) in [6.07, 6.45) is 1.84. The molecule has 8 nitrogen and oxygen atoms in total. The summed E-state index contributed by atoms with van der Waals surface area (Å²) < 4.78 is 11.4. The molecule has 2 aliphatic heterocycles. The molecule has 29 heavy (non-hydrogen) atoms. The van der Waals surface area contributed by atoms with Crippen molar-refractivity contribution in [3.63, 3.8) is 0 Å². The molecular weight excluding hydrogens is 370 g/mol. The van der Waals surface area contributed by atoms with Gasteiger partial charge in [0, 0.05) is 33.1 Å². The highest BCUT2D eigenvalue weighted by molar-refractivity contribution is 5.91. The van der Waals surface area contributed by atoms with Crippen molar-refractivity contribution in [2.75, 3.05) is 45.2 Å². The van der Waals surface area contributed by atoms with Gasteiger partial charge in [0.25, 0.3) is 0 Å². The first-order valence-electron chi connectivity index (χ1n) is 10.3. The number of benzene rings is 1. The van der Waals surface area contributed by atoms with Crippen LogP contribution >= 0.6 is 0 Å². The van der Waals surface area contributed by atoms with Gasteiger partial charge >= 0.3 is 6.03 Å². The monoisotopic (exact) mass is 399 g/mol. The number of rotatable bonds is 4. The fourth-order valence-electron chi connectivity index (χ4n) is 4.72. The normalized spacial score (nSPS) is 21.5. The molecule has 0 saturated carbocycles. The van der Waals surface area contributed by atoms with Crippen LogP contribution in [0.15, 0.2) is 28.7 Å². The molecular formula is C21H29N5O3. The summed E-state index contributed by atoms with van der Waals surface area (Å²) in [5, 5.41) is 11.3. The van der Waals surface area contributed by atoms with Gasteiger partial charge in [0.15, 0.2) is 0 Å². The Balaban J connectivity index is 1.43. The highest BCUT2D eigenvalue weighted by Crippen LogP contribution is 2.49. The number of para-hydroxylation sites is 2. The minimum atomic E-state index is -0.0801. The van der Waals surface area contributed by atoms with Crippen molar-refractivity contribution in [3.05, 3.63) is 36.0 Å². The van der Waals surface area contributed by atoms with E-state index in [1.54, 1.807) is 0 Å². The van der Waals surface area contributed by atoms with Crippen molar-refractivity contribution in [2.24, 2.45) is 5.41 Å². The molecule has 2 aliphatic rings. The molecule has 1 spiro atoms. The Hall–Kier alpha value is -2.61. The molecule has 0 bridgehead atoms. The largest absolute Gasteiger partial charge is 0.492 e. The molecule has 1 unspecified atom stereocenters. The third kappa shape index (κ3) is 3.94. The standard InChI is InChI=1S/C21H29N5O3/c1-4-28-18-8-6-5-7-17(18)22-20(27)26-11-9-21(10-12-26)14-25(3)13-16(21)19-24-23-15(2)29-19/h5-8,16H,4,9-14H2,1-3H3,(H,22,27). The van der Waals surface area contributed by atoms with Gasteiger partial charge in [-0.2, -0.15) is 0 Å². The van der Waals surface area contributed by atoms with Crippen molar-refractivity contribution in [3.8, 4) is 5.75 Å². The van der Waals surface area contributed by atoms with Gasteiger partial charge in [0.1, 0.15) is 5.75 Å². The number of hydrogen-bond donors (Lipinski definition) is 1. The van der Waals surface area contributed by atoms with E-state index in [-0.39, 0.29) is 17.4 Å². The summed E-state index contributed by atoms with van der Waals surface area (Å²) in [6.45, 7) is 7.64. The van der Waals surface area contributed by atoms with E-state index in [9.17, 15) is 4.79 Å². The number of likely N-dealkylation sites (tertiary alicyclic amines) is 2. The summed E-state index contributed by atoms with van der Waals surface area (Å²) >= 11 is 0. The fourth-order valence-corrected chi connectivity index (χ4v) is 4.72. The van der Waals surface area contributed by atoms with Crippen LogP contribution in [0.3, 0.4) is 0 Å². The Bertz CT molecular complexity index is 860. The van der Waals surface area contributed by atoms with Gasteiger partial charge in [-0.15, -0.1) is 10.2 Å². The number of urea groups is 1. The van der Waals surface area contributed by atoms with E-state index in [0.29, 0.717) is 37.0 Å². The maximum atomic E-state index is 12.9. The highest BCUT2D eigenvalue weighted by Gasteiger charge is 2.50. The fraction of sp³-hybridized carbons (Fsp3) is 0.571. The lowest BCUT2D eigenvalue weighted by atomic mass is 9.71. The first kappa shape index (κ1) is 19.7. The number of hydrogen-bond acceptors (Lipinski definition) is 6. The maximum Gasteiger partial charge on any atom is 0.321 e. The molecule has 2 saturated heterocycles. The molecule has 8 heteroatoms. The third-order valence-electron chi connectivity index (χ3n) is 6.13. The molecule has 1 aromatic heterocycles. The van der Waals surface area contributed by atoms with Crippen LogP contribution in [0.5, 0.6) is 5.75 Å². The number of nitrogens with zero attached hydrogens (tertiary/aromatic N) is 4. The van der Waals surface area contributed by atoms with Crippen molar-refractivity contribution in [2.45, 2.75) is 32.6 Å². The zero-order chi connectivity index (χ0) is 20.4. The SMILES string of the molecule is CCOc1ccccc1NC(=O)N1CCC2(CC1)CN(C)CC2c1nnc(C)o1. The van der Waals surface area contributed by atoms with Crippen LogP contribution in [0.4, 0.5) is 10.5 Å². The summed E-state index contributed by atoms with van der Waals surface area (Å²) in [5.74, 6) is 2.25. The Morgan fingerprint density at radius 1 is 1.31 bits per heavy atom. The lowest BCUT2D eigenvalue weighted by molar-refractivity contribution is 0.110. The molecule has 2 amide bonds. The molecule has 2 fully saturated rings. The van der Waals surface area contributed by atoms with Gasteiger partial charge in [0.05, 0.1) is 18.2 Å². The third-order valence-corrected chi connectivity index (χ3v) is 6.13. The van der Waals surface area contributed by atoms with Gasteiger partial charge in [-0.3, -0.25) is 0 Å². The summed E-state index contributed by atoms with van der Waals surface area (Å²) in [7, 11) is 2.13. The van der Waals surface area contributed by atoms with Crippen LogP contribution in [0.1, 0.15) is 37.5 Å². The Morgan fingerprint density at radius 2 is 2.07 bits per heavy atom. The van der Waals surface area contributed by atoms with Crippen LogP contribution in [0.25, 0.3) is 0 Å². The van der Waals surface area contributed by atoms with Crippen molar-refractivity contribution < 1.29 is 13.9 Å². The van der Waals surface area contributed by atoms with E-state index in [4.69, 9.17) is 9.15 Å². The number of carbonyl (C=O) groups excluding carboxylic acids is 1. The molecule has 1 N–H and O–H groups in total. The number of carbonyl (C=O) groups is 1. The smallest absolute Gasteiger partial charge is 0.321 e. The van der Waals surface area contributed by atoms with E-state index in [2.05, 4.69) is 27.5 Å². The quantitative estimate of drug-likeness (QED) is 0.850. The predicted octanol–water partition coefficient (Wildman–Crippen LogP) is 3.12. The van der Waals surface area contributed by atoms with Gasteiger partial charge in [-0.05, 0) is 44.4 Å². The van der Waals surface area contributed by atoms with Crippen molar-refractivity contribution in [1.29, 1.82) is 0 Å². The first-order valence-corrected chi connectivity index (χ1v) is 10.3. The number of likely N-dealkylation sites (N-methyl/N-ethyl adjacent to an activating group) is 1. The number of anilines is 1. The van der Waals surface area contributed by atoms with Crippen LogP contribution in [-0.4, -0.2) is 65.9 Å². The van der Waals surface area contributed by atoms with Gasteiger partial charge < -0.3 is 24.3 Å². The van der Waals surface area contributed by atoms with Crippen LogP contribution in [0, 0.1) is 12.3 Å². The zero-order valence-corrected chi connectivity index (χ0v) is 17.4. The van der Waals surface area contributed by atoms with Crippen molar-refractivity contribution >= 4 is 11.7 Å². The van der Waals surface area contributed by atoms with Gasteiger partial charge in [-0.1, -0.05) is 12.1 Å². The van der Waals surface area contributed by atoms with Crippen molar-refractivity contribution in [1.82, 2.24) is 20.0 Å². The summed E-state index contributed by atoms with van der Waals surface area (Å²) in [4.78, 5) is 17.1. The molecule has 3 heterocycles. The van der Waals surface area contributed by atoms with Gasteiger partial charge in [0.2, 0.25) is 11.8 Å². The predicted molar refractivity (Wildman–Crippen MR) is 109 cm³/mol. The molecule has 1 atom stereocenters. The highest BCUT2D eigenvalue weighted by atomic mass is 16.5. The topological polar surface area (TPSA) is 83.7 Å². The van der Waals surface area contributed by atoms with Crippen LogP contribution < -0.4 is 10.1 Å². The Morgan fingerprint density at radius 3 is 2.76 bits per heavy atom. The lowest BCUT2D eigenvalue weighted by Crippen LogP contribution is -2.47. The molecule has 0 radical (unpaired) electrons. The lowest BCUT2D eigenvalue weighted by Gasteiger charge is -2.41. The first-order chi connectivity index (χ1) is 14.0. The van der Waals surface area contributed by atoms with E-state index in [0.717, 1.165) is 31.8 Å². The average Bonchev–Trinajstić information content (AvgIpc) is 3.27. The maximum absolute atomic E-state index is 12.9. The second-order valence-electron chi connectivity index (χ2n) is 8.12. The molecule has 156 valence electrons.